The minimum absolute atomic E-state index is 0.442. The highest BCUT2D eigenvalue weighted by molar-refractivity contribution is 5.51. The Morgan fingerprint density at radius 1 is 1.04 bits per heavy atom. The average Bonchev–Trinajstić information content (AvgIpc) is 3.26. The van der Waals surface area contributed by atoms with Crippen LogP contribution >= 0.6 is 0 Å². The molecule has 1 aliphatic heterocycles. The van der Waals surface area contributed by atoms with Crippen molar-refractivity contribution in [3.05, 3.63) is 35.7 Å². The van der Waals surface area contributed by atoms with Gasteiger partial charge in [-0.3, -0.25) is 0 Å². The molecule has 0 bridgehead atoms. The molecule has 0 saturated carbocycles. The van der Waals surface area contributed by atoms with E-state index < -0.39 is 0 Å². The van der Waals surface area contributed by atoms with Gasteiger partial charge in [0.1, 0.15) is 5.69 Å². The Bertz CT molecular complexity index is 621. The van der Waals surface area contributed by atoms with Gasteiger partial charge in [0.15, 0.2) is 0 Å². The topological polar surface area (TPSA) is 60.0 Å². The van der Waals surface area contributed by atoms with E-state index in [0.717, 1.165) is 24.2 Å². The average molecular weight is 313 g/mol. The van der Waals surface area contributed by atoms with Crippen LogP contribution in [-0.4, -0.2) is 28.1 Å². The van der Waals surface area contributed by atoms with Crippen LogP contribution in [0.2, 0.25) is 0 Å². The van der Waals surface area contributed by atoms with Crippen molar-refractivity contribution in [2.75, 3.05) is 18.0 Å². The molecule has 23 heavy (non-hydrogen) atoms. The fourth-order valence-corrected chi connectivity index (χ4v) is 3.52. The van der Waals surface area contributed by atoms with E-state index in [2.05, 4.69) is 53.3 Å². The highest BCUT2D eigenvalue weighted by Gasteiger charge is 2.20. The molecule has 2 heterocycles. The number of rotatable bonds is 6. The van der Waals surface area contributed by atoms with Crippen LogP contribution in [0.3, 0.4) is 0 Å². The molecule has 2 aromatic rings. The molecule has 5 nitrogen and oxygen atoms in total. The van der Waals surface area contributed by atoms with Gasteiger partial charge in [-0.05, 0) is 49.9 Å². The monoisotopic (exact) mass is 313 g/mol. The van der Waals surface area contributed by atoms with Crippen molar-refractivity contribution < 1.29 is 0 Å². The summed E-state index contributed by atoms with van der Waals surface area (Å²) in [5, 5.41) is 8.68. The van der Waals surface area contributed by atoms with E-state index >= 15 is 0 Å². The molecule has 0 amide bonds. The molecule has 1 aromatic carbocycles. The van der Waals surface area contributed by atoms with Gasteiger partial charge in [0.2, 0.25) is 0 Å². The molecule has 2 N–H and O–H groups in total. The van der Waals surface area contributed by atoms with Gasteiger partial charge in [0.05, 0.1) is 11.4 Å². The smallest absolute Gasteiger partial charge is 0.100 e. The number of aromatic nitrogens is 3. The summed E-state index contributed by atoms with van der Waals surface area (Å²) in [4.78, 5) is 2.44. The molecular weight excluding hydrogens is 286 g/mol. The zero-order valence-electron chi connectivity index (χ0n) is 14.2. The third-order valence-electron chi connectivity index (χ3n) is 4.91. The van der Waals surface area contributed by atoms with Crippen molar-refractivity contribution in [3.8, 4) is 5.69 Å². The number of benzene rings is 1. The Balaban J connectivity index is 1.93. The summed E-state index contributed by atoms with van der Waals surface area (Å²) >= 11 is 0. The van der Waals surface area contributed by atoms with E-state index in [9.17, 15) is 0 Å². The van der Waals surface area contributed by atoms with E-state index in [0.29, 0.717) is 12.5 Å². The third kappa shape index (κ3) is 3.11. The van der Waals surface area contributed by atoms with Crippen molar-refractivity contribution in [1.29, 1.82) is 0 Å². The van der Waals surface area contributed by atoms with Crippen LogP contribution in [0.15, 0.2) is 24.3 Å². The summed E-state index contributed by atoms with van der Waals surface area (Å²) in [6.45, 7) is 7.19. The molecule has 1 aliphatic rings. The van der Waals surface area contributed by atoms with E-state index in [1.54, 1.807) is 0 Å². The van der Waals surface area contributed by atoms with Crippen LogP contribution in [0.5, 0.6) is 0 Å². The molecule has 1 saturated heterocycles. The molecule has 0 spiro atoms. The van der Waals surface area contributed by atoms with Crippen molar-refractivity contribution in [1.82, 2.24) is 15.0 Å². The van der Waals surface area contributed by atoms with Crippen LogP contribution in [0, 0.1) is 0 Å². The Morgan fingerprint density at radius 3 is 2.22 bits per heavy atom. The molecule has 0 aliphatic carbocycles. The van der Waals surface area contributed by atoms with Gasteiger partial charge in [-0.1, -0.05) is 19.1 Å². The highest BCUT2D eigenvalue weighted by atomic mass is 15.4. The van der Waals surface area contributed by atoms with Gasteiger partial charge >= 0.3 is 0 Å². The van der Waals surface area contributed by atoms with E-state index in [4.69, 9.17) is 5.73 Å². The molecule has 0 atom stereocenters. The largest absolute Gasteiger partial charge is 0.372 e. The van der Waals surface area contributed by atoms with E-state index in [1.165, 1.54) is 37.3 Å². The molecule has 0 radical (unpaired) electrons. The summed E-state index contributed by atoms with van der Waals surface area (Å²) in [5.41, 5.74) is 10.3. The molecule has 1 aromatic heterocycles. The SMILES string of the molecule is CCC(CC)c1c(CN)nnn1-c1ccc(N2CCCC2)cc1. The maximum atomic E-state index is 5.87. The number of hydrogen-bond acceptors (Lipinski definition) is 4. The van der Waals surface area contributed by atoms with Gasteiger partial charge in [-0.2, -0.15) is 0 Å². The second-order valence-corrected chi connectivity index (χ2v) is 6.26. The van der Waals surface area contributed by atoms with E-state index in [1.807, 2.05) is 4.68 Å². The zero-order valence-corrected chi connectivity index (χ0v) is 14.2. The fraction of sp³-hybridized carbons (Fsp3) is 0.556. The second-order valence-electron chi connectivity index (χ2n) is 6.26. The van der Waals surface area contributed by atoms with Crippen molar-refractivity contribution in [3.63, 3.8) is 0 Å². The summed E-state index contributed by atoms with van der Waals surface area (Å²) < 4.78 is 1.98. The van der Waals surface area contributed by atoms with Gasteiger partial charge in [0, 0.05) is 31.2 Å². The van der Waals surface area contributed by atoms with Gasteiger partial charge in [0.25, 0.3) is 0 Å². The number of nitrogens with two attached hydrogens (primary N) is 1. The molecular formula is C18H27N5. The van der Waals surface area contributed by atoms with Crippen molar-refractivity contribution in [2.24, 2.45) is 5.73 Å². The molecule has 124 valence electrons. The maximum Gasteiger partial charge on any atom is 0.100 e. The number of nitrogens with zero attached hydrogens (tertiary/aromatic N) is 4. The lowest BCUT2D eigenvalue weighted by Gasteiger charge is -2.19. The van der Waals surface area contributed by atoms with Crippen LogP contribution in [-0.2, 0) is 6.54 Å². The first kappa shape index (κ1) is 16.0. The van der Waals surface area contributed by atoms with Crippen molar-refractivity contribution in [2.45, 2.75) is 52.0 Å². The first-order valence-corrected chi connectivity index (χ1v) is 8.78. The molecule has 0 unspecified atom stereocenters. The van der Waals surface area contributed by atoms with Crippen LogP contribution in [0.25, 0.3) is 5.69 Å². The lowest BCUT2D eigenvalue weighted by atomic mass is 9.97. The molecule has 3 rings (SSSR count). The Morgan fingerprint density at radius 2 is 1.65 bits per heavy atom. The molecule has 1 fully saturated rings. The van der Waals surface area contributed by atoms with Gasteiger partial charge in [-0.25, -0.2) is 4.68 Å². The minimum atomic E-state index is 0.442. The van der Waals surface area contributed by atoms with E-state index in [-0.39, 0.29) is 0 Å². The van der Waals surface area contributed by atoms with Crippen molar-refractivity contribution >= 4 is 5.69 Å². The summed E-state index contributed by atoms with van der Waals surface area (Å²) in [6, 6.07) is 8.69. The number of anilines is 1. The normalized spacial score (nSPS) is 14.9. The molecule has 5 heteroatoms. The fourth-order valence-electron chi connectivity index (χ4n) is 3.52. The summed E-state index contributed by atoms with van der Waals surface area (Å²) in [7, 11) is 0. The highest BCUT2D eigenvalue weighted by Crippen LogP contribution is 2.28. The third-order valence-corrected chi connectivity index (χ3v) is 4.91. The first-order valence-electron chi connectivity index (χ1n) is 8.78. The van der Waals surface area contributed by atoms with Crippen LogP contribution < -0.4 is 10.6 Å². The quantitative estimate of drug-likeness (QED) is 0.889. The Kier molecular flexibility index (Phi) is 4.96. The standard InChI is InChI=1S/C18H27N5/c1-3-14(4-2)18-17(13-19)20-21-23(18)16-9-7-15(8-10-16)22-11-5-6-12-22/h7-10,14H,3-6,11-13,19H2,1-2H3. The van der Waals surface area contributed by atoms with Crippen LogP contribution in [0.1, 0.15) is 56.8 Å². The Labute approximate surface area is 138 Å². The predicted octanol–water partition coefficient (Wildman–Crippen LogP) is 3.23. The Hall–Kier alpha value is -1.88. The van der Waals surface area contributed by atoms with Gasteiger partial charge in [-0.15, -0.1) is 5.10 Å². The predicted molar refractivity (Wildman–Crippen MR) is 94.0 cm³/mol. The van der Waals surface area contributed by atoms with Gasteiger partial charge < -0.3 is 10.6 Å². The number of hydrogen-bond donors (Lipinski definition) is 1. The minimum Gasteiger partial charge on any atom is -0.372 e. The lowest BCUT2D eigenvalue weighted by molar-refractivity contribution is 0.590. The maximum absolute atomic E-state index is 5.87. The van der Waals surface area contributed by atoms with Crippen LogP contribution in [0.4, 0.5) is 5.69 Å². The lowest BCUT2D eigenvalue weighted by Crippen LogP contribution is -2.17. The summed E-state index contributed by atoms with van der Waals surface area (Å²) in [5.74, 6) is 0.446. The second kappa shape index (κ2) is 7.13. The summed E-state index contributed by atoms with van der Waals surface area (Å²) in [6.07, 6.45) is 4.73. The first-order chi connectivity index (χ1) is 11.3. The zero-order chi connectivity index (χ0) is 16.2.